The third-order valence-electron chi connectivity index (χ3n) is 2.40. The predicted octanol–water partition coefficient (Wildman–Crippen LogP) is 1.90. The van der Waals surface area contributed by atoms with Crippen molar-refractivity contribution < 1.29 is 13.6 Å². The summed E-state index contributed by atoms with van der Waals surface area (Å²) in [4.78, 5) is 15.7. The van der Waals surface area contributed by atoms with Gasteiger partial charge in [-0.2, -0.15) is 0 Å². The van der Waals surface area contributed by atoms with Crippen molar-refractivity contribution in [3.63, 3.8) is 0 Å². The highest BCUT2D eigenvalue weighted by Gasteiger charge is 2.13. The number of aromatic nitrogens is 1. The van der Waals surface area contributed by atoms with Crippen LogP contribution in [0.4, 0.5) is 20.2 Å². The first-order chi connectivity index (χ1) is 9.11. The van der Waals surface area contributed by atoms with Crippen LogP contribution in [0, 0.1) is 11.6 Å². The molecule has 2 aromatic rings. The maximum absolute atomic E-state index is 13.4. The van der Waals surface area contributed by atoms with Crippen LogP contribution in [-0.2, 0) is 0 Å². The van der Waals surface area contributed by atoms with Gasteiger partial charge in [-0.05, 0) is 18.2 Å². The SMILES string of the molecule is NNc1ccncc1C(=O)Nc1cc(F)ccc1F. The number of nitrogen functional groups attached to an aromatic ring is 1. The second kappa shape index (κ2) is 5.40. The number of hydrogen-bond donors (Lipinski definition) is 3. The van der Waals surface area contributed by atoms with E-state index >= 15 is 0 Å². The minimum atomic E-state index is -0.735. The molecule has 0 aliphatic carbocycles. The highest BCUT2D eigenvalue weighted by atomic mass is 19.1. The van der Waals surface area contributed by atoms with Gasteiger partial charge in [-0.15, -0.1) is 0 Å². The predicted molar refractivity (Wildman–Crippen MR) is 66.4 cm³/mol. The lowest BCUT2D eigenvalue weighted by atomic mass is 10.2. The van der Waals surface area contributed by atoms with Crippen LogP contribution in [0.5, 0.6) is 0 Å². The van der Waals surface area contributed by atoms with E-state index in [0.29, 0.717) is 5.69 Å². The molecule has 1 aromatic carbocycles. The first kappa shape index (κ1) is 12.9. The van der Waals surface area contributed by atoms with E-state index in [9.17, 15) is 13.6 Å². The van der Waals surface area contributed by atoms with Gasteiger partial charge in [0, 0.05) is 18.5 Å². The van der Waals surface area contributed by atoms with E-state index in [4.69, 9.17) is 5.84 Å². The molecule has 1 heterocycles. The highest BCUT2D eigenvalue weighted by molar-refractivity contribution is 6.07. The molecule has 1 aromatic heterocycles. The first-order valence-electron chi connectivity index (χ1n) is 5.29. The number of rotatable bonds is 3. The van der Waals surface area contributed by atoms with Crippen molar-refractivity contribution in [1.82, 2.24) is 4.98 Å². The number of carbonyl (C=O) groups excluding carboxylic acids is 1. The van der Waals surface area contributed by atoms with Crippen molar-refractivity contribution >= 4 is 17.3 Å². The quantitative estimate of drug-likeness (QED) is 0.584. The summed E-state index contributed by atoms with van der Waals surface area (Å²) >= 11 is 0. The molecule has 0 saturated heterocycles. The van der Waals surface area contributed by atoms with Crippen LogP contribution in [0.15, 0.2) is 36.7 Å². The summed E-state index contributed by atoms with van der Waals surface area (Å²) < 4.78 is 26.4. The fraction of sp³-hybridized carbons (Fsp3) is 0. The van der Waals surface area contributed by atoms with Gasteiger partial charge in [-0.3, -0.25) is 15.6 Å². The number of amides is 1. The summed E-state index contributed by atoms with van der Waals surface area (Å²) in [5, 5.41) is 2.25. The van der Waals surface area contributed by atoms with Crippen molar-refractivity contribution in [2.75, 3.05) is 10.7 Å². The molecule has 0 atom stereocenters. The molecule has 19 heavy (non-hydrogen) atoms. The molecule has 0 unspecified atom stereocenters. The molecule has 0 aliphatic heterocycles. The molecule has 0 radical (unpaired) electrons. The van der Waals surface area contributed by atoms with Crippen molar-refractivity contribution in [2.24, 2.45) is 5.84 Å². The van der Waals surface area contributed by atoms with Gasteiger partial charge in [0.2, 0.25) is 0 Å². The van der Waals surface area contributed by atoms with Crippen LogP contribution >= 0.6 is 0 Å². The fourth-order valence-electron chi connectivity index (χ4n) is 1.48. The maximum Gasteiger partial charge on any atom is 0.259 e. The van der Waals surface area contributed by atoms with Gasteiger partial charge in [0.1, 0.15) is 11.6 Å². The van der Waals surface area contributed by atoms with Crippen LogP contribution < -0.4 is 16.6 Å². The van der Waals surface area contributed by atoms with Crippen LogP contribution in [-0.4, -0.2) is 10.9 Å². The number of halogens is 2. The second-order valence-electron chi connectivity index (χ2n) is 3.64. The fourth-order valence-corrected chi connectivity index (χ4v) is 1.48. The molecule has 0 saturated carbocycles. The van der Waals surface area contributed by atoms with Crippen LogP contribution in [0.25, 0.3) is 0 Å². The Balaban J connectivity index is 2.28. The molecule has 1 amide bonds. The van der Waals surface area contributed by atoms with E-state index in [0.717, 1.165) is 18.2 Å². The smallest absolute Gasteiger partial charge is 0.259 e. The number of pyridine rings is 1. The lowest BCUT2D eigenvalue weighted by Crippen LogP contribution is -2.18. The number of benzene rings is 1. The summed E-state index contributed by atoms with van der Waals surface area (Å²) in [5.41, 5.74) is 2.51. The van der Waals surface area contributed by atoms with Crippen molar-refractivity contribution in [1.29, 1.82) is 0 Å². The molecule has 5 nitrogen and oxygen atoms in total. The van der Waals surface area contributed by atoms with Crippen LogP contribution in [0.1, 0.15) is 10.4 Å². The lowest BCUT2D eigenvalue weighted by Gasteiger charge is -2.09. The average molecular weight is 264 g/mol. The number of nitrogens with one attached hydrogen (secondary N) is 2. The zero-order valence-corrected chi connectivity index (χ0v) is 9.65. The average Bonchev–Trinajstić information content (AvgIpc) is 2.42. The minimum Gasteiger partial charge on any atom is -0.323 e. The standard InChI is InChI=1S/C12H10F2N4O/c13-7-1-2-9(14)11(5-7)17-12(19)8-6-16-4-3-10(8)18-15/h1-6H,15H2,(H,16,18)(H,17,19). The van der Waals surface area contributed by atoms with Gasteiger partial charge in [-0.1, -0.05) is 0 Å². The number of nitrogens with zero attached hydrogens (tertiary/aromatic N) is 1. The third kappa shape index (κ3) is 2.83. The van der Waals surface area contributed by atoms with E-state index in [1.54, 1.807) is 0 Å². The number of hydrogen-bond acceptors (Lipinski definition) is 4. The molecule has 4 N–H and O–H groups in total. The number of anilines is 2. The number of nitrogens with two attached hydrogens (primary N) is 1. The Labute approximate surface area is 107 Å². The number of carbonyl (C=O) groups is 1. The zero-order chi connectivity index (χ0) is 13.8. The van der Waals surface area contributed by atoms with Gasteiger partial charge in [0.25, 0.3) is 5.91 Å². The van der Waals surface area contributed by atoms with E-state index in [1.165, 1.54) is 18.5 Å². The first-order valence-corrected chi connectivity index (χ1v) is 5.29. The van der Waals surface area contributed by atoms with E-state index < -0.39 is 17.5 Å². The Hall–Kier alpha value is -2.54. The largest absolute Gasteiger partial charge is 0.323 e. The zero-order valence-electron chi connectivity index (χ0n) is 9.65. The Morgan fingerprint density at radius 3 is 2.74 bits per heavy atom. The summed E-state index contributed by atoms with van der Waals surface area (Å²) in [6.07, 6.45) is 2.70. The summed E-state index contributed by atoms with van der Waals surface area (Å²) in [7, 11) is 0. The topological polar surface area (TPSA) is 80.0 Å². The molecular weight excluding hydrogens is 254 g/mol. The molecule has 0 spiro atoms. The van der Waals surface area contributed by atoms with Crippen molar-refractivity contribution in [3.05, 3.63) is 53.9 Å². The Morgan fingerprint density at radius 1 is 1.21 bits per heavy atom. The third-order valence-corrected chi connectivity index (χ3v) is 2.40. The molecular formula is C12H10F2N4O. The summed E-state index contributed by atoms with van der Waals surface area (Å²) in [6.45, 7) is 0. The van der Waals surface area contributed by atoms with Crippen LogP contribution in [0.3, 0.4) is 0 Å². The molecule has 0 fully saturated rings. The lowest BCUT2D eigenvalue weighted by molar-refractivity contribution is 0.102. The van der Waals surface area contributed by atoms with Crippen molar-refractivity contribution in [2.45, 2.75) is 0 Å². The van der Waals surface area contributed by atoms with E-state index in [-0.39, 0.29) is 11.3 Å². The van der Waals surface area contributed by atoms with Gasteiger partial charge < -0.3 is 10.7 Å². The second-order valence-corrected chi connectivity index (χ2v) is 3.64. The van der Waals surface area contributed by atoms with Crippen molar-refractivity contribution in [3.8, 4) is 0 Å². The minimum absolute atomic E-state index is 0.119. The monoisotopic (exact) mass is 264 g/mol. The van der Waals surface area contributed by atoms with E-state index in [1.807, 2.05) is 0 Å². The normalized spacial score (nSPS) is 10.1. The van der Waals surface area contributed by atoms with E-state index in [2.05, 4.69) is 15.7 Å². The Kier molecular flexibility index (Phi) is 3.67. The molecule has 7 heteroatoms. The van der Waals surface area contributed by atoms with Gasteiger partial charge >= 0.3 is 0 Å². The maximum atomic E-state index is 13.4. The molecule has 2 rings (SSSR count). The molecule has 98 valence electrons. The molecule has 0 aliphatic rings. The molecule has 0 bridgehead atoms. The van der Waals surface area contributed by atoms with Crippen LogP contribution in [0.2, 0.25) is 0 Å². The summed E-state index contributed by atoms with van der Waals surface area (Å²) in [5.74, 6) is 3.21. The van der Waals surface area contributed by atoms with Gasteiger partial charge in [0.05, 0.1) is 16.9 Å². The van der Waals surface area contributed by atoms with Gasteiger partial charge in [-0.25, -0.2) is 8.78 Å². The summed E-state index contributed by atoms with van der Waals surface area (Å²) in [6, 6.07) is 4.26. The number of hydrazine groups is 1. The Bertz CT molecular complexity index is 618. The highest BCUT2D eigenvalue weighted by Crippen LogP contribution is 2.18. The van der Waals surface area contributed by atoms with Gasteiger partial charge in [0.15, 0.2) is 0 Å². The Morgan fingerprint density at radius 2 is 2.00 bits per heavy atom.